The smallest absolute Gasteiger partial charge is 0.303 e. The summed E-state index contributed by atoms with van der Waals surface area (Å²) in [6.07, 6.45) is 1.66. The summed E-state index contributed by atoms with van der Waals surface area (Å²) in [6, 6.07) is 7.04. The van der Waals surface area contributed by atoms with Crippen LogP contribution in [0.3, 0.4) is 0 Å². The van der Waals surface area contributed by atoms with Crippen LogP contribution in [0.1, 0.15) is 90.8 Å². The highest BCUT2D eigenvalue weighted by atomic mass is 16.5. The predicted octanol–water partition coefficient (Wildman–Crippen LogP) is 3.71. The van der Waals surface area contributed by atoms with E-state index < -0.39 is 11.4 Å². The molecule has 0 bridgehead atoms. The van der Waals surface area contributed by atoms with E-state index in [1.807, 2.05) is 38.7 Å². The topological polar surface area (TPSA) is 175 Å². The maximum absolute atomic E-state index is 14.0. The second-order valence-corrected chi connectivity index (χ2v) is 12.8. The van der Waals surface area contributed by atoms with Crippen LogP contribution in [0.2, 0.25) is 0 Å². The van der Waals surface area contributed by atoms with Gasteiger partial charge in [-0.3, -0.25) is 24.6 Å². The fourth-order valence-corrected chi connectivity index (χ4v) is 5.90. The Labute approximate surface area is 269 Å². The van der Waals surface area contributed by atoms with Crippen molar-refractivity contribution < 1.29 is 33.8 Å². The number of carbonyl (C=O) groups excluding carboxylic acids is 3. The molecule has 0 saturated carbocycles. The lowest BCUT2D eigenvalue weighted by molar-refractivity contribution is -0.137. The van der Waals surface area contributed by atoms with Crippen molar-refractivity contribution in [3.63, 3.8) is 0 Å². The number of aliphatic carboxylic acids is 1. The molecule has 1 unspecified atom stereocenters. The molecule has 2 amide bonds. The molecule has 0 spiro atoms. The van der Waals surface area contributed by atoms with Crippen molar-refractivity contribution in [1.82, 2.24) is 10.2 Å². The SMILES string of the molecule is CCOc1cc2c(cc1C(=O)NC)C(=N)N(CC(=O)c1cc(N3CCC(C(N)=O)C3)c(OCCCCC(=O)O)c(C(C)(C)C)c1)C2. The Kier molecular flexibility index (Phi) is 10.6. The first-order chi connectivity index (χ1) is 21.7. The number of hydrogen-bond acceptors (Lipinski definition) is 8. The molecule has 46 heavy (non-hydrogen) atoms. The standard InChI is InChI=1S/C34H45N5O7/c1-6-45-28-15-22-18-39(31(35)23(22)16-24(28)33(44)37-5)19-27(40)21-13-25(34(2,3)4)30(46-12-8-7-9-29(41)42)26(14-21)38-11-10-20(17-38)32(36)43/h13-16,20,35H,6-12,17-19H2,1-5H3,(H2,36,43)(H,37,44)(H,41,42). The number of nitrogens with one attached hydrogen (secondary N) is 2. The molecule has 4 rings (SSSR count). The Morgan fingerprint density at radius 1 is 1.11 bits per heavy atom. The second-order valence-electron chi connectivity index (χ2n) is 12.8. The first-order valence-corrected chi connectivity index (χ1v) is 15.7. The van der Waals surface area contributed by atoms with Crippen molar-refractivity contribution >= 4 is 35.1 Å². The van der Waals surface area contributed by atoms with Gasteiger partial charge >= 0.3 is 5.97 Å². The Morgan fingerprint density at radius 2 is 1.85 bits per heavy atom. The van der Waals surface area contributed by atoms with Gasteiger partial charge in [0.2, 0.25) is 5.91 Å². The Balaban J connectivity index is 1.66. The molecule has 0 aliphatic carbocycles. The number of carboxylic acids is 1. The number of carboxylic acid groups (broad SMARTS) is 1. The fourth-order valence-electron chi connectivity index (χ4n) is 5.90. The lowest BCUT2D eigenvalue weighted by atomic mass is 9.84. The van der Waals surface area contributed by atoms with Crippen LogP contribution in [0.4, 0.5) is 5.69 Å². The van der Waals surface area contributed by atoms with Crippen LogP contribution in [0.15, 0.2) is 24.3 Å². The Bertz CT molecular complexity index is 1530. The number of unbranched alkanes of at least 4 members (excludes halogenated alkanes) is 1. The van der Waals surface area contributed by atoms with Gasteiger partial charge in [-0.05, 0) is 61.4 Å². The molecule has 248 valence electrons. The van der Waals surface area contributed by atoms with Gasteiger partial charge in [-0.15, -0.1) is 0 Å². The summed E-state index contributed by atoms with van der Waals surface area (Å²) in [5.41, 5.74) is 8.87. The first kappa shape index (κ1) is 34.3. The summed E-state index contributed by atoms with van der Waals surface area (Å²) in [5.74, 6) is -0.885. The number of rotatable bonds is 14. The number of primary amides is 1. The molecule has 0 aromatic heterocycles. The van der Waals surface area contributed by atoms with Crippen molar-refractivity contribution in [1.29, 1.82) is 5.41 Å². The van der Waals surface area contributed by atoms with Crippen molar-refractivity contribution in [2.45, 2.75) is 65.3 Å². The number of hydrogen-bond donors (Lipinski definition) is 4. The van der Waals surface area contributed by atoms with Crippen LogP contribution < -0.4 is 25.4 Å². The fraction of sp³-hybridized carbons (Fsp3) is 0.500. The van der Waals surface area contributed by atoms with Gasteiger partial charge in [0.25, 0.3) is 5.91 Å². The molecule has 5 N–H and O–H groups in total. The molecule has 2 aromatic carbocycles. The Morgan fingerprint density at radius 3 is 2.46 bits per heavy atom. The zero-order chi connectivity index (χ0) is 33.8. The van der Waals surface area contributed by atoms with Gasteiger partial charge in [0.1, 0.15) is 17.3 Å². The third kappa shape index (κ3) is 7.60. The third-order valence-electron chi connectivity index (χ3n) is 8.41. The largest absolute Gasteiger partial charge is 0.493 e. The summed E-state index contributed by atoms with van der Waals surface area (Å²) >= 11 is 0. The molecule has 12 nitrogen and oxygen atoms in total. The lowest BCUT2D eigenvalue weighted by Crippen LogP contribution is -2.31. The van der Waals surface area contributed by atoms with E-state index in [4.69, 9.17) is 25.7 Å². The maximum Gasteiger partial charge on any atom is 0.303 e. The van der Waals surface area contributed by atoms with Crippen molar-refractivity contribution in [2.24, 2.45) is 11.7 Å². The number of nitrogens with zero attached hydrogens (tertiary/aromatic N) is 2. The van der Waals surface area contributed by atoms with Gasteiger partial charge in [-0.1, -0.05) is 20.8 Å². The average molecular weight is 636 g/mol. The molecule has 2 aliphatic heterocycles. The third-order valence-corrected chi connectivity index (χ3v) is 8.41. The van der Waals surface area contributed by atoms with Gasteiger partial charge in [-0.2, -0.15) is 0 Å². The average Bonchev–Trinajstić information content (AvgIpc) is 3.60. The van der Waals surface area contributed by atoms with Crippen LogP contribution in [-0.4, -0.2) is 79.3 Å². The number of anilines is 1. The van der Waals surface area contributed by atoms with E-state index in [0.29, 0.717) is 86.0 Å². The van der Waals surface area contributed by atoms with Crippen molar-refractivity contribution in [3.05, 3.63) is 52.1 Å². The molecule has 2 aromatic rings. The molecule has 2 heterocycles. The van der Waals surface area contributed by atoms with Crippen LogP contribution in [0.5, 0.6) is 11.5 Å². The van der Waals surface area contributed by atoms with Gasteiger partial charge < -0.3 is 35.4 Å². The van der Waals surface area contributed by atoms with Gasteiger partial charge in [-0.25, -0.2) is 0 Å². The molecule has 0 radical (unpaired) electrons. The minimum Gasteiger partial charge on any atom is -0.493 e. The number of benzene rings is 2. The minimum atomic E-state index is -0.857. The van der Waals surface area contributed by atoms with E-state index >= 15 is 0 Å². The molecule has 12 heteroatoms. The normalized spacial score (nSPS) is 15.9. The summed E-state index contributed by atoms with van der Waals surface area (Å²) in [7, 11) is 1.54. The second kappa shape index (κ2) is 14.2. The van der Waals surface area contributed by atoms with E-state index in [1.54, 1.807) is 23.1 Å². The summed E-state index contributed by atoms with van der Waals surface area (Å²) in [4.78, 5) is 53.2. The number of Topliss-reactive ketones (excluding diaryl/α,β-unsaturated/α-hetero) is 1. The van der Waals surface area contributed by atoms with Gasteiger partial charge in [0.05, 0.1) is 36.9 Å². The quantitative estimate of drug-likeness (QED) is 0.178. The number of fused-ring (bicyclic) bond motifs is 1. The first-order valence-electron chi connectivity index (χ1n) is 15.7. The number of amides is 2. The van der Waals surface area contributed by atoms with E-state index in [-0.39, 0.29) is 42.3 Å². The van der Waals surface area contributed by atoms with E-state index in [9.17, 15) is 19.2 Å². The summed E-state index contributed by atoms with van der Waals surface area (Å²) in [6.45, 7) is 9.81. The van der Waals surface area contributed by atoms with Gasteiger partial charge in [0.15, 0.2) is 5.78 Å². The summed E-state index contributed by atoms with van der Waals surface area (Å²) < 4.78 is 12.0. The Hall–Kier alpha value is -4.61. The highest BCUT2D eigenvalue weighted by molar-refractivity contribution is 6.08. The molecular formula is C34H45N5O7. The van der Waals surface area contributed by atoms with E-state index in [1.165, 1.54) is 7.05 Å². The van der Waals surface area contributed by atoms with Crippen LogP contribution in [0.25, 0.3) is 0 Å². The van der Waals surface area contributed by atoms with Crippen molar-refractivity contribution in [2.75, 3.05) is 44.8 Å². The van der Waals surface area contributed by atoms with Crippen molar-refractivity contribution in [3.8, 4) is 11.5 Å². The van der Waals surface area contributed by atoms with Gasteiger partial charge in [0, 0.05) is 49.8 Å². The molecule has 1 fully saturated rings. The number of carbonyl (C=O) groups is 4. The molecule has 1 saturated heterocycles. The number of amidine groups is 1. The summed E-state index contributed by atoms with van der Waals surface area (Å²) in [5, 5.41) is 20.5. The zero-order valence-electron chi connectivity index (χ0n) is 27.3. The predicted molar refractivity (Wildman–Crippen MR) is 174 cm³/mol. The highest BCUT2D eigenvalue weighted by Gasteiger charge is 2.34. The zero-order valence-corrected chi connectivity index (χ0v) is 27.3. The molecular weight excluding hydrogens is 590 g/mol. The van der Waals surface area contributed by atoms with Crippen LogP contribution in [0, 0.1) is 11.3 Å². The molecule has 2 aliphatic rings. The van der Waals surface area contributed by atoms with Crippen LogP contribution >= 0.6 is 0 Å². The lowest BCUT2D eigenvalue weighted by Gasteiger charge is -2.30. The van der Waals surface area contributed by atoms with E-state index in [2.05, 4.69) is 5.32 Å². The highest BCUT2D eigenvalue weighted by Crippen LogP contribution is 2.42. The number of ether oxygens (including phenoxy) is 2. The molecule has 1 atom stereocenters. The minimum absolute atomic E-state index is 0.0532. The monoisotopic (exact) mass is 635 g/mol. The maximum atomic E-state index is 14.0. The number of ketones is 1. The van der Waals surface area contributed by atoms with E-state index in [0.717, 1.165) is 11.1 Å². The van der Waals surface area contributed by atoms with Crippen LogP contribution in [-0.2, 0) is 21.5 Å². The number of nitrogens with two attached hydrogens (primary N) is 1.